The van der Waals surface area contributed by atoms with Crippen LogP contribution in [0.2, 0.25) is 0 Å². The van der Waals surface area contributed by atoms with Gasteiger partial charge >= 0.3 is 0 Å². The highest BCUT2D eigenvalue weighted by molar-refractivity contribution is 14.0. The third kappa shape index (κ3) is 7.57. The predicted octanol–water partition coefficient (Wildman–Crippen LogP) is 2.55. The Kier molecular flexibility index (Phi) is 9.63. The van der Waals surface area contributed by atoms with Crippen LogP contribution < -0.4 is 20.5 Å². The number of guanidine groups is 1. The van der Waals surface area contributed by atoms with Crippen LogP contribution in [0.5, 0.6) is 17.4 Å². The number of ether oxygens (including phenoxy) is 3. The van der Waals surface area contributed by atoms with Gasteiger partial charge in [0.1, 0.15) is 11.5 Å². The molecule has 1 aromatic carbocycles. The maximum atomic E-state index is 5.75. The number of halogens is 1. The maximum Gasteiger partial charge on any atom is 0.219 e. The number of nitrogens with zero attached hydrogens (tertiary/aromatic N) is 2. The largest absolute Gasteiger partial charge is 0.497 e. The first kappa shape index (κ1) is 21.0. The Balaban J connectivity index is 0.00000312. The molecule has 1 heterocycles. The Labute approximate surface area is 164 Å². The molecule has 0 fully saturated rings. The summed E-state index contributed by atoms with van der Waals surface area (Å²) in [5.41, 5.74) is 6.68. The molecule has 0 bridgehead atoms. The molecule has 0 aliphatic rings. The van der Waals surface area contributed by atoms with E-state index >= 15 is 0 Å². The normalized spacial score (nSPS) is 10.7. The minimum atomic E-state index is 0. The molecule has 0 aliphatic heterocycles. The van der Waals surface area contributed by atoms with Crippen LogP contribution in [0.3, 0.4) is 0 Å². The Morgan fingerprint density at radius 2 is 2.00 bits per heavy atom. The van der Waals surface area contributed by atoms with E-state index in [4.69, 9.17) is 19.9 Å². The van der Waals surface area contributed by atoms with E-state index in [-0.39, 0.29) is 24.0 Å². The van der Waals surface area contributed by atoms with Crippen LogP contribution in [0.1, 0.15) is 5.56 Å². The third-order valence-corrected chi connectivity index (χ3v) is 3.11. The minimum absolute atomic E-state index is 0. The van der Waals surface area contributed by atoms with Crippen molar-refractivity contribution >= 4 is 29.9 Å². The summed E-state index contributed by atoms with van der Waals surface area (Å²) < 4.78 is 15.8. The number of methoxy groups -OCH3 is 2. The molecule has 0 spiro atoms. The molecule has 1 aromatic heterocycles. The van der Waals surface area contributed by atoms with E-state index in [1.807, 2.05) is 24.3 Å². The standard InChI is InChI=1S/C17H22N4O3.HI/c1-22-9-8-19-17(18)21-12-13-6-7-16(20-11-13)24-15-5-3-4-14(10-15)23-2;/h3-7,10-11H,8-9,12H2,1-2H3,(H3,18,19,21);1H. The highest BCUT2D eigenvalue weighted by Gasteiger charge is 2.01. The van der Waals surface area contributed by atoms with Gasteiger partial charge in [0.25, 0.3) is 0 Å². The second kappa shape index (κ2) is 11.5. The van der Waals surface area contributed by atoms with Crippen LogP contribution in [0.25, 0.3) is 0 Å². The molecule has 3 N–H and O–H groups in total. The lowest BCUT2D eigenvalue weighted by Gasteiger charge is -2.07. The lowest BCUT2D eigenvalue weighted by atomic mass is 10.3. The van der Waals surface area contributed by atoms with Gasteiger partial charge in [0.2, 0.25) is 5.88 Å². The zero-order valence-corrected chi connectivity index (χ0v) is 16.6. The van der Waals surface area contributed by atoms with Crippen molar-refractivity contribution in [3.8, 4) is 17.4 Å². The van der Waals surface area contributed by atoms with E-state index in [9.17, 15) is 0 Å². The number of nitrogens with one attached hydrogen (secondary N) is 1. The summed E-state index contributed by atoms with van der Waals surface area (Å²) in [7, 11) is 3.25. The fourth-order valence-electron chi connectivity index (χ4n) is 1.86. The second-order valence-electron chi connectivity index (χ2n) is 4.91. The summed E-state index contributed by atoms with van der Waals surface area (Å²) in [4.78, 5) is 8.50. The Morgan fingerprint density at radius 3 is 2.68 bits per heavy atom. The Morgan fingerprint density at radius 1 is 1.20 bits per heavy atom. The molecular formula is C17H23IN4O3. The van der Waals surface area contributed by atoms with Crippen LogP contribution in [0, 0.1) is 0 Å². The summed E-state index contributed by atoms with van der Waals surface area (Å²) in [6.07, 6.45) is 1.71. The van der Waals surface area contributed by atoms with Crippen molar-refractivity contribution in [2.75, 3.05) is 27.4 Å². The number of benzene rings is 1. The van der Waals surface area contributed by atoms with Gasteiger partial charge in [-0.25, -0.2) is 9.98 Å². The molecule has 25 heavy (non-hydrogen) atoms. The predicted molar refractivity (Wildman–Crippen MR) is 108 cm³/mol. The summed E-state index contributed by atoms with van der Waals surface area (Å²) in [5.74, 6) is 2.28. The molecule has 7 nitrogen and oxygen atoms in total. The van der Waals surface area contributed by atoms with Gasteiger partial charge in [-0.1, -0.05) is 12.1 Å². The van der Waals surface area contributed by atoms with Gasteiger partial charge in [-0.3, -0.25) is 0 Å². The molecular weight excluding hydrogens is 435 g/mol. The van der Waals surface area contributed by atoms with Gasteiger partial charge in [0, 0.05) is 32.0 Å². The highest BCUT2D eigenvalue weighted by atomic mass is 127. The second-order valence-corrected chi connectivity index (χ2v) is 4.91. The van der Waals surface area contributed by atoms with Gasteiger partial charge in [-0.15, -0.1) is 24.0 Å². The summed E-state index contributed by atoms with van der Waals surface area (Å²) >= 11 is 0. The zero-order chi connectivity index (χ0) is 17.2. The van der Waals surface area contributed by atoms with E-state index in [1.165, 1.54) is 0 Å². The fourth-order valence-corrected chi connectivity index (χ4v) is 1.86. The van der Waals surface area contributed by atoms with Crippen molar-refractivity contribution in [2.24, 2.45) is 10.7 Å². The topological polar surface area (TPSA) is 91.0 Å². The number of rotatable bonds is 8. The van der Waals surface area contributed by atoms with E-state index in [1.54, 1.807) is 32.5 Å². The van der Waals surface area contributed by atoms with Crippen molar-refractivity contribution in [1.29, 1.82) is 0 Å². The molecule has 136 valence electrons. The van der Waals surface area contributed by atoms with Gasteiger partial charge in [0.15, 0.2) is 5.96 Å². The van der Waals surface area contributed by atoms with E-state index in [0.29, 0.717) is 37.3 Å². The van der Waals surface area contributed by atoms with E-state index in [0.717, 1.165) is 11.3 Å². The van der Waals surface area contributed by atoms with Crippen molar-refractivity contribution < 1.29 is 14.2 Å². The third-order valence-electron chi connectivity index (χ3n) is 3.11. The van der Waals surface area contributed by atoms with Crippen LogP contribution in [-0.4, -0.2) is 38.3 Å². The minimum Gasteiger partial charge on any atom is -0.497 e. The monoisotopic (exact) mass is 458 g/mol. The van der Waals surface area contributed by atoms with Crippen LogP contribution in [0.15, 0.2) is 47.6 Å². The Hall–Kier alpha value is -2.07. The molecule has 0 radical (unpaired) electrons. The van der Waals surface area contributed by atoms with E-state index < -0.39 is 0 Å². The number of hydrogen-bond acceptors (Lipinski definition) is 5. The van der Waals surface area contributed by atoms with Crippen molar-refractivity contribution in [3.63, 3.8) is 0 Å². The number of nitrogens with two attached hydrogens (primary N) is 1. The van der Waals surface area contributed by atoms with Gasteiger partial charge < -0.3 is 25.3 Å². The molecule has 0 aliphatic carbocycles. The quantitative estimate of drug-likeness (QED) is 0.274. The summed E-state index contributed by atoms with van der Waals surface area (Å²) in [6, 6.07) is 11.0. The lowest BCUT2D eigenvalue weighted by molar-refractivity contribution is 0.204. The van der Waals surface area contributed by atoms with Gasteiger partial charge in [-0.2, -0.15) is 0 Å². The first-order valence-corrected chi connectivity index (χ1v) is 7.51. The molecule has 0 saturated carbocycles. The van der Waals surface area contributed by atoms with Gasteiger partial charge in [-0.05, 0) is 17.7 Å². The molecule has 0 unspecified atom stereocenters. The summed E-state index contributed by atoms with van der Waals surface area (Å²) in [6.45, 7) is 1.64. The molecule has 0 atom stereocenters. The smallest absolute Gasteiger partial charge is 0.219 e. The highest BCUT2D eigenvalue weighted by Crippen LogP contribution is 2.23. The van der Waals surface area contributed by atoms with Crippen LogP contribution >= 0.6 is 24.0 Å². The maximum absolute atomic E-state index is 5.75. The number of aliphatic imine (C=N–C) groups is 1. The number of hydrogen-bond donors (Lipinski definition) is 2. The van der Waals surface area contributed by atoms with Crippen LogP contribution in [0.4, 0.5) is 0 Å². The van der Waals surface area contributed by atoms with Crippen LogP contribution in [-0.2, 0) is 11.3 Å². The molecule has 0 amide bonds. The first-order valence-electron chi connectivity index (χ1n) is 7.51. The molecule has 2 rings (SSSR count). The average molecular weight is 458 g/mol. The van der Waals surface area contributed by atoms with Crippen molar-refractivity contribution in [2.45, 2.75) is 6.54 Å². The number of pyridine rings is 1. The molecule has 2 aromatic rings. The molecule has 0 saturated heterocycles. The lowest BCUT2D eigenvalue weighted by Crippen LogP contribution is -2.34. The fraction of sp³-hybridized carbons (Fsp3) is 0.294. The zero-order valence-electron chi connectivity index (χ0n) is 14.3. The summed E-state index contributed by atoms with van der Waals surface area (Å²) in [5, 5.41) is 2.95. The average Bonchev–Trinajstić information content (AvgIpc) is 2.61. The Bertz CT molecular complexity index is 665. The van der Waals surface area contributed by atoms with E-state index in [2.05, 4.69) is 15.3 Å². The molecule has 8 heteroatoms. The SMILES string of the molecule is COCCNC(N)=NCc1ccc(Oc2cccc(OC)c2)nc1.I. The van der Waals surface area contributed by atoms with Crippen molar-refractivity contribution in [1.82, 2.24) is 10.3 Å². The number of aromatic nitrogens is 1. The first-order chi connectivity index (χ1) is 11.7. The van der Waals surface area contributed by atoms with Crippen molar-refractivity contribution in [3.05, 3.63) is 48.2 Å². The van der Waals surface area contributed by atoms with Gasteiger partial charge in [0.05, 0.1) is 20.3 Å².